The van der Waals surface area contributed by atoms with Gasteiger partial charge in [-0.25, -0.2) is 17.9 Å². The number of carbonyl (C=O) groups excluding carboxylic acids is 1. The van der Waals surface area contributed by atoms with Gasteiger partial charge >= 0.3 is 5.97 Å². The van der Waals surface area contributed by atoms with Gasteiger partial charge in [0.2, 0.25) is 10.0 Å². The molecule has 7 nitrogen and oxygen atoms in total. The van der Waals surface area contributed by atoms with Crippen LogP contribution in [0.1, 0.15) is 26.3 Å². The van der Waals surface area contributed by atoms with E-state index >= 15 is 0 Å². The molecule has 0 aliphatic carbocycles. The summed E-state index contributed by atoms with van der Waals surface area (Å²) in [6, 6.07) is 12.3. The zero-order valence-electron chi connectivity index (χ0n) is 13.5. The van der Waals surface area contributed by atoms with Crippen LogP contribution >= 0.6 is 0 Å². The van der Waals surface area contributed by atoms with Crippen LogP contribution in [0.25, 0.3) is 0 Å². The fraction of sp³-hybridized carbons (Fsp3) is 0.176. The Hall–Kier alpha value is -2.71. The third-order valence-electron chi connectivity index (χ3n) is 3.40. The number of hydrogen-bond donors (Lipinski definition) is 3. The maximum atomic E-state index is 12.1. The molecule has 0 unspecified atom stereocenters. The topological polar surface area (TPSA) is 113 Å². The van der Waals surface area contributed by atoms with E-state index in [9.17, 15) is 18.0 Å². The van der Waals surface area contributed by atoms with Crippen molar-refractivity contribution >= 4 is 21.9 Å². The van der Waals surface area contributed by atoms with Crippen molar-refractivity contribution in [2.75, 3.05) is 13.1 Å². The number of sulfonamides is 1. The molecule has 0 aliphatic heterocycles. The Morgan fingerprint density at radius 1 is 1.00 bits per heavy atom. The quantitative estimate of drug-likeness (QED) is 0.645. The van der Waals surface area contributed by atoms with Crippen molar-refractivity contribution in [3.8, 4) is 0 Å². The average Bonchev–Trinajstić information content (AvgIpc) is 2.58. The average molecular weight is 362 g/mol. The van der Waals surface area contributed by atoms with Crippen LogP contribution in [0.2, 0.25) is 0 Å². The second-order valence-corrected chi connectivity index (χ2v) is 7.09. The van der Waals surface area contributed by atoms with Gasteiger partial charge < -0.3 is 10.4 Å². The first-order valence-corrected chi connectivity index (χ1v) is 8.96. The van der Waals surface area contributed by atoms with Crippen molar-refractivity contribution in [1.29, 1.82) is 0 Å². The smallest absolute Gasteiger partial charge is 0.336 e. The minimum atomic E-state index is -3.66. The van der Waals surface area contributed by atoms with Crippen LogP contribution in [0, 0.1) is 6.92 Å². The molecule has 25 heavy (non-hydrogen) atoms. The van der Waals surface area contributed by atoms with Crippen molar-refractivity contribution in [2.45, 2.75) is 11.8 Å². The summed E-state index contributed by atoms with van der Waals surface area (Å²) in [7, 11) is -3.66. The molecule has 8 heteroatoms. The summed E-state index contributed by atoms with van der Waals surface area (Å²) >= 11 is 0. The van der Waals surface area contributed by atoms with Gasteiger partial charge in [-0.3, -0.25) is 4.79 Å². The summed E-state index contributed by atoms with van der Waals surface area (Å²) in [6.45, 7) is 1.80. The molecule has 3 N–H and O–H groups in total. The monoisotopic (exact) mass is 362 g/mol. The van der Waals surface area contributed by atoms with Gasteiger partial charge in [0.05, 0.1) is 16.0 Å². The molecule has 2 aromatic carbocycles. The highest BCUT2D eigenvalue weighted by atomic mass is 32.2. The molecule has 0 atom stereocenters. The second-order valence-electron chi connectivity index (χ2n) is 5.32. The summed E-state index contributed by atoms with van der Waals surface area (Å²) in [5.74, 6) is -1.78. The fourth-order valence-electron chi connectivity index (χ4n) is 2.19. The molecule has 132 valence electrons. The summed E-state index contributed by atoms with van der Waals surface area (Å²) in [5.41, 5.74) is 0.735. The van der Waals surface area contributed by atoms with Gasteiger partial charge in [0.25, 0.3) is 5.91 Å². The standard InChI is InChI=1S/C17H18N2O5S/c1-12-5-4-6-13(11-12)25(23,24)19-10-9-18-16(20)14-7-2-3-8-15(14)17(21)22/h2-8,11,19H,9-10H2,1H3,(H,18,20)(H,21,22). The van der Waals surface area contributed by atoms with Crippen LogP contribution in [0.3, 0.4) is 0 Å². The number of aryl methyl sites for hydroxylation is 1. The molecule has 0 heterocycles. The van der Waals surface area contributed by atoms with Gasteiger partial charge in [-0.2, -0.15) is 0 Å². The first-order chi connectivity index (χ1) is 11.8. The van der Waals surface area contributed by atoms with Crippen LogP contribution in [-0.2, 0) is 10.0 Å². The van der Waals surface area contributed by atoms with Crippen LogP contribution in [-0.4, -0.2) is 38.5 Å². The van der Waals surface area contributed by atoms with Crippen molar-refractivity contribution in [1.82, 2.24) is 10.0 Å². The lowest BCUT2D eigenvalue weighted by atomic mass is 10.1. The SMILES string of the molecule is Cc1cccc(S(=O)(=O)NCCNC(=O)c2ccccc2C(=O)O)c1. The molecule has 2 rings (SSSR count). The maximum absolute atomic E-state index is 12.1. The third kappa shape index (κ3) is 4.88. The Labute approximate surface area is 145 Å². The molecule has 0 saturated heterocycles. The van der Waals surface area contributed by atoms with Gasteiger partial charge in [0.1, 0.15) is 0 Å². The van der Waals surface area contributed by atoms with Crippen LogP contribution in [0.5, 0.6) is 0 Å². The number of carboxylic acids is 1. The summed E-state index contributed by atoms with van der Waals surface area (Å²) < 4.78 is 26.7. The molecule has 0 radical (unpaired) electrons. The molecular formula is C17H18N2O5S. The van der Waals surface area contributed by atoms with Crippen LogP contribution in [0.4, 0.5) is 0 Å². The first-order valence-electron chi connectivity index (χ1n) is 7.48. The molecule has 0 aliphatic rings. The first kappa shape index (κ1) is 18.6. The largest absolute Gasteiger partial charge is 0.478 e. The minimum absolute atomic E-state index is 0.0166. The van der Waals surface area contributed by atoms with Crippen molar-refractivity contribution in [2.24, 2.45) is 0 Å². The number of amides is 1. The van der Waals surface area contributed by atoms with E-state index in [0.29, 0.717) is 0 Å². The lowest BCUT2D eigenvalue weighted by molar-refractivity contribution is 0.0691. The zero-order valence-corrected chi connectivity index (χ0v) is 14.3. The predicted molar refractivity (Wildman–Crippen MR) is 92.1 cm³/mol. The highest BCUT2D eigenvalue weighted by Gasteiger charge is 2.16. The summed E-state index contributed by atoms with van der Waals surface area (Å²) in [5, 5.41) is 11.6. The zero-order chi connectivity index (χ0) is 18.4. The van der Waals surface area contributed by atoms with Gasteiger partial charge in [-0.05, 0) is 36.8 Å². The van der Waals surface area contributed by atoms with Gasteiger partial charge in [0.15, 0.2) is 0 Å². The summed E-state index contributed by atoms with van der Waals surface area (Å²) in [6.07, 6.45) is 0. The van der Waals surface area contributed by atoms with E-state index in [4.69, 9.17) is 5.11 Å². The van der Waals surface area contributed by atoms with E-state index in [1.54, 1.807) is 31.2 Å². The molecule has 1 amide bonds. The predicted octanol–water partition coefficient (Wildman–Crippen LogP) is 1.40. The maximum Gasteiger partial charge on any atom is 0.336 e. The normalized spacial score (nSPS) is 11.1. The fourth-order valence-corrected chi connectivity index (χ4v) is 3.33. The number of benzene rings is 2. The molecule has 0 fully saturated rings. The molecule has 0 spiro atoms. The number of aromatic carboxylic acids is 1. The van der Waals surface area contributed by atoms with Crippen LogP contribution < -0.4 is 10.0 Å². The van der Waals surface area contributed by atoms with E-state index < -0.39 is 21.9 Å². The van der Waals surface area contributed by atoms with E-state index in [1.807, 2.05) is 0 Å². The van der Waals surface area contributed by atoms with Crippen molar-refractivity contribution in [3.05, 3.63) is 65.2 Å². The molecule has 0 bridgehead atoms. The van der Waals surface area contributed by atoms with Gasteiger partial charge in [0, 0.05) is 13.1 Å². The minimum Gasteiger partial charge on any atom is -0.478 e. The van der Waals surface area contributed by atoms with Gasteiger partial charge in [-0.1, -0.05) is 24.3 Å². The highest BCUT2D eigenvalue weighted by molar-refractivity contribution is 7.89. The van der Waals surface area contributed by atoms with E-state index in [0.717, 1.165) is 5.56 Å². The number of nitrogens with one attached hydrogen (secondary N) is 2. The molecule has 2 aromatic rings. The lowest BCUT2D eigenvalue weighted by Gasteiger charge is -2.09. The van der Waals surface area contributed by atoms with E-state index in [1.165, 1.54) is 24.3 Å². The Morgan fingerprint density at radius 2 is 1.68 bits per heavy atom. The third-order valence-corrected chi connectivity index (χ3v) is 4.86. The van der Waals surface area contributed by atoms with Crippen molar-refractivity contribution < 1.29 is 23.1 Å². The second kappa shape index (κ2) is 7.91. The Morgan fingerprint density at radius 3 is 2.32 bits per heavy atom. The molecular weight excluding hydrogens is 344 g/mol. The van der Waals surface area contributed by atoms with E-state index in [2.05, 4.69) is 10.0 Å². The number of rotatable bonds is 7. The van der Waals surface area contributed by atoms with Gasteiger partial charge in [-0.15, -0.1) is 0 Å². The Bertz CT molecular complexity index is 893. The Kier molecular flexibility index (Phi) is 5.89. The summed E-state index contributed by atoms with van der Waals surface area (Å²) in [4.78, 5) is 23.3. The molecule has 0 aromatic heterocycles. The number of carboxylic acid groups (broad SMARTS) is 1. The van der Waals surface area contributed by atoms with E-state index in [-0.39, 0.29) is 29.1 Å². The van der Waals surface area contributed by atoms with Crippen LogP contribution in [0.15, 0.2) is 53.4 Å². The molecule has 0 saturated carbocycles. The highest BCUT2D eigenvalue weighted by Crippen LogP contribution is 2.10. The lowest BCUT2D eigenvalue weighted by Crippen LogP contribution is -2.35. The number of hydrogen-bond acceptors (Lipinski definition) is 4. The van der Waals surface area contributed by atoms with Crippen molar-refractivity contribution in [3.63, 3.8) is 0 Å². The number of carbonyl (C=O) groups is 2. The Balaban J connectivity index is 1.93.